The molecule has 0 aliphatic carbocycles. The summed E-state index contributed by atoms with van der Waals surface area (Å²) in [6.07, 6.45) is 4.84. The molecule has 0 N–H and O–H groups in total. The SMILES string of the molecule is Cc1cncc(CC(C)C)c1B1OC(C)(C)C(C)(C)O1. The van der Waals surface area contributed by atoms with Crippen molar-refractivity contribution in [3.63, 3.8) is 0 Å². The molecule has 110 valence electrons. The van der Waals surface area contributed by atoms with Crippen LogP contribution in [0, 0.1) is 12.8 Å². The zero-order chi connectivity index (χ0) is 15.1. The molecule has 0 spiro atoms. The second-order valence-electron chi connectivity index (χ2n) is 7.22. The van der Waals surface area contributed by atoms with E-state index in [0.717, 1.165) is 17.4 Å². The summed E-state index contributed by atoms with van der Waals surface area (Å²) in [5, 5.41) is 0. The van der Waals surface area contributed by atoms with E-state index in [2.05, 4.69) is 53.5 Å². The van der Waals surface area contributed by atoms with Crippen LogP contribution in [0.4, 0.5) is 0 Å². The highest BCUT2D eigenvalue weighted by atomic mass is 16.7. The van der Waals surface area contributed by atoms with Crippen LogP contribution in [0.15, 0.2) is 12.4 Å². The first-order valence-electron chi connectivity index (χ1n) is 7.43. The lowest BCUT2D eigenvalue weighted by Gasteiger charge is -2.32. The van der Waals surface area contributed by atoms with Crippen LogP contribution in [0.2, 0.25) is 0 Å². The van der Waals surface area contributed by atoms with Gasteiger partial charge in [-0.1, -0.05) is 13.8 Å². The van der Waals surface area contributed by atoms with Crippen molar-refractivity contribution < 1.29 is 9.31 Å². The lowest BCUT2D eigenvalue weighted by atomic mass is 9.73. The number of hydrogen-bond donors (Lipinski definition) is 0. The molecule has 1 saturated heterocycles. The van der Waals surface area contributed by atoms with Crippen LogP contribution in [0.25, 0.3) is 0 Å². The Morgan fingerprint density at radius 1 is 1.10 bits per heavy atom. The van der Waals surface area contributed by atoms with Crippen LogP contribution in [0.3, 0.4) is 0 Å². The molecule has 1 fully saturated rings. The van der Waals surface area contributed by atoms with Gasteiger partial charge >= 0.3 is 7.12 Å². The Balaban J connectivity index is 2.39. The predicted octanol–water partition coefficient (Wildman–Crippen LogP) is 2.89. The third-order valence-corrected chi connectivity index (χ3v) is 4.39. The van der Waals surface area contributed by atoms with Gasteiger partial charge in [0, 0.05) is 12.4 Å². The van der Waals surface area contributed by atoms with Gasteiger partial charge in [0.25, 0.3) is 0 Å². The largest absolute Gasteiger partial charge is 0.495 e. The van der Waals surface area contributed by atoms with Crippen LogP contribution in [0.5, 0.6) is 0 Å². The molecular formula is C16H26BNO2. The van der Waals surface area contributed by atoms with Gasteiger partial charge in [-0.2, -0.15) is 0 Å². The van der Waals surface area contributed by atoms with Crippen LogP contribution in [-0.4, -0.2) is 23.3 Å². The van der Waals surface area contributed by atoms with E-state index in [4.69, 9.17) is 9.31 Å². The van der Waals surface area contributed by atoms with Crippen molar-refractivity contribution in [3.8, 4) is 0 Å². The summed E-state index contributed by atoms with van der Waals surface area (Å²) in [5.41, 5.74) is 2.93. The van der Waals surface area contributed by atoms with E-state index in [1.165, 1.54) is 5.56 Å². The van der Waals surface area contributed by atoms with E-state index in [0.29, 0.717) is 5.92 Å². The van der Waals surface area contributed by atoms with Gasteiger partial charge in [-0.25, -0.2) is 0 Å². The number of pyridine rings is 1. The first-order chi connectivity index (χ1) is 9.14. The van der Waals surface area contributed by atoms with E-state index >= 15 is 0 Å². The van der Waals surface area contributed by atoms with E-state index in [-0.39, 0.29) is 18.3 Å². The molecule has 1 aromatic rings. The molecule has 2 rings (SSSR count). The average Bonchev–Trinajstić information content (AvgIpc) is 2.46. The molecule has 4 heteroatoms. The Bertz CT molecular complexity index is 481. The fraction of sp³-hybridized carbons (Fsp3) is 0.688. The van der Waals surface area contributed by atoms with Gasteiger partial charge in [0.05, 0.1) is 11.2 Å². The fourth-order valence-corrected chi connectivity index (χ4v) is 2.53. The van der Waals surface area contributed by atoms with Crippen molar-refractivity contribution in [1.82, 2.24) is 4.98 Å². The maximum atomic E-state index is 6.20. The fourth-order valence-electron chi connectivity index (χ4n) is 2.53. The Kier molecular flexibility index (Phi) is 4.00. The molecule has 3 nitrogen and oxygen atoms in total. The maximum Gasteiger partial charge on any atom is 0.495 e. The first kappa shape index (κ1) is 15.5. The van der Waals surface area contributed by atoms with Crippen molar-refractivity contribution in [3.05, 3.63) is 23.5 Å². The van der Waals surface area contributed by atoms with Crippen LogP contribution >= 0.6 is 0 Å². The van der Waals surface area contributed by atoms with E-state index in [1.807, 2.05) is 12.4 Å². The zero-order valence-corrected chi connectivity index (χ0v) is 13.8. The average molecular weight is 275 g/mol. The third-order valence-electron chi connectivity index (χ3n) is 4.39. The molecule has 2 heterocycles. The van der Waals surface area contributed by atoms with Crippen LogP contribution < -0.4 is 5.46 Å². The van der Waals surface area contributed by atoms with Gasteiger partial charge < -0.3 is 9.31 Å². The molecular weight excluding hydrogens is 249 g/mol. The highest BCUT2D eigenvalue weighted by Gasteiger charge is 2.52. The normalized spacial score (nSPS) is 20.7. The predicted molar refractivity (Wildman–Crippen MR) is 83.2 cm³/mol. The lowest BCUT2D eigenvalue weighted by molar-refractivity contribution is 0.00578. The number of aromatic nitrogens is 1. The standard InChI is InChI=1S/C16H26BNO2/c1-11(2)8-13-10-18-9-12(3)14(13)17-19-15(4,5)16(6,7)20-17/h9-11H,8H2,1-7H3. The lowest BCUT2D eigenvalue weighted by Crippen LogP contribution is -2.41. The van der Waals surface area contributed by atoms with Gasteiger partial charge in [0.1, 0.15) is 0 Å². The first-order valence-corrected chi connectivity index (χ1v) is 7.43. The van der Waals surface area contributed by atoms with Crippen molar-refractivity contribution in [2.24, 2.45) is 5.92 Å². The smallest absolute Gasteiger partial charge is 0.399 e. The van der Waals surface area contributed by atoms with Crippen molar-refractivity contribution in [2.45, 2.75) is 66.1 Å². The Hall–Kier alpha value is -0.865. The number of rotatable bonds is 3. The van der Waals surface area contributed by atoms with Crippen LogP contribution in [-0.2, 0) is 15.7 Å². The second-order valence-corrected chi connectivity index (χ2v) is 7.22. The minimum atomic E-state index is -0.303. The van der Waals surface area contributed by atoms with Gasteiger partial charge in [0.15, 0.2) is 0 Å². The van der Waals surface area contributed by atoms with Gasteiger partial charge in [-0.05, 0) is 63.5 Å². The molecule has 0 amide bonds. The monoisotopic (exact) mass is 275 g/mol. The number of hydrogen-bond acceptors (Lipinski definition) is 3. The molecule has 0 saturated carbocycles. The summed E-state index contributed by atoms with van der Waals surface area (Å²) in [7, 11) is -0.295. The maximum absolute atomic E-state index is 6.20. The minimum Gasteiger partial charge on any atom is -0.399 e. The molecule has 0 atom stereocenters. The molecule has 0 aromatic carbocycles. The summed E-state index contributed by atoms with van der Waals surface area (Å²) in [5.74, 6) is 0.583. The summed E-state index contributed by atoms with van der Waals surface area (Å²) < 4.78 is 12.4. The van der Waals surface area contributed by atoms with E-state index in [1.54, 1.807) is 0 Å². The highest BCUT2D eigenvalue weighted by Crippen LogP contribution is 2.37. The molecule has 1 aliphatic rings. The summed E-state index contributed by atoms with van der Waals surface area (Å²) in [4.78, 5) is 4.33. The Morgan fingerprint density at radius 3 is 2.15 bits per heavy atom. The molecule has 20 heavy (non-hydrogen) atoms. The van der Waals surface area contributed by atoms with Gasteiger partial charge in [0.2, 0.25) is 0 Å². The summed E-state index contributed by atoms with van der Waals surface area (Å²) in [6.45, 7) is 14.9. The van der Waals surface area contributed by atoms with E-state index < -0.39 is 0 Å². The molecule has 0 bridgehead atoms. The number of aryl methyl sites for hydroxylation is 1. The van der Waals surface area contributed by atoms with Crippen molar-refractivity contribution >= 4 is 12.6 Å². The van der Waals surface area contributed by atoms with Crippen LogP contribution in [0.1, 0.15) is 52.7 Å². The Labute approximate surface area is 123 Å². The number of nitrogens with zero attached hydrogens (tertiary/aromatic N) is 1. The Morgan fingerprint density at radius 2 is 1.65 bits per heavy atom. The molecule has 0 radical (unpaired) electrons. The quantitative estimate of drug-likeness (QED) is 0.795. The molecule has 1 aliphatic heterocycles. The van der Waals surface area contributed by atoms with Gasteiger partial charge in [-0.15, -0.1) is 0 Å². The third kappa shape index (κ3) is 2.77. The van der Waals surface area contributed by atoms with Gasteiger partial charge in [-0.3, -0.25) is 4.98 Å². The topological polar surface area (TPSA) is 31.4 Å². The summed E-state index contributed by atoms with van der Waals surface area (Å²) in [6, 6.07) is 0. The van der Waals surface area contributed by atoms with E-state index in [9.17, 15) is 0 Å². The minimum absolute atomic E-state index is 0.295. The highest BCUT2D eigenvalue weighted by molar-refractivity contribution is 6.63. The molecule has 0 unspecified atom stereocenters. The summed E-state index contributed by atoms with van der Waals surface area (Å²) >= 11 is 0. The second kappa shape index (κ2) is 5.16. The van der Waals surface area contributed by atoms with Crippen molar-refractivity contribution in [1.29, 1.82) is 0 Å². The zero-order valence-electron chi connectivity index (χ0n) is 13.8. The molecule has 1 aromatic heterocycles. The van der Waals surface area contributed by atoms with Crippen molar-refractivity contribution in [2.75, 3.05) is 0 Å².